The average molecular weight is 252 g/mol. The highest BCUT2D eigenvalue weighted by Gasteiger charge is 2.21. The molecule has 0 atom stereocenters. The second-order valence-electron chi connectivity index (χ2n) is 4.35. The van der Waals surface area contributed by atoms with E-state index in [1.54, 1.807) is 23.9 Å². The van der Waals surface area contributed by atoms with Crippen LogP contribution in [0.1, 0.15) is 12.8 Å². The van der Waals surface area contributed by atoms with E-state index in [0.717, 1.165) is 30.8 Å². The maximum Gasteiger partial charge on any atom is 0.282 e. The van der Waals surface area contributed by atoms with Crippen molar-refractivity contribution in [2.45, 2.75) is 23.0 Å². The van der Waals surface area contributed by atoms with Gasteiger partial charge >= 0.3 is 0 Å². The molecule has 17 heavy (non-hydrogen) atoms. The van der Waals surface area contributed by atoms with E-state index in [0.29, 0.717) is 5.25 Å². The zero-order valence-corrected chi connectivity index (χ0v) is 10.7. The van der Waals surface area contributed by atoms with E-state index in [1.165, 1.54) is 0 Å². The number of piperidine rings is 1. The fourth-order valence-corrected chi connectivity index (χ4v) is 3.22. The molecule has 1 saturated heterocycles. The van der Waals surface area contributed by atoms with Crippen molar-refractivity contribution in [1.82, 2.24) is 4.90 Å². The van der Waals surface area contributed by atoms with Crippen LogP contribution in [-0.2, 0) is 0 Å². The Bertz CT molecular complexity index is 403. The average Bonchev–Trinajstić information content (AvgIpc) is 2.32. The molecule has 0 aromatic heterocycles. The largest absolute Gasteiger partial charge is 0.306 e. The lowest BCUT2D eigenvalue weighted by atomic mass is 10.1. The van der Waals surface area contributed by atoms with Crippen molar-refractivity contribution in [2.24, 2.45) is 0 Å². The molecule has 0 spiro atoms. The molecule has 0 unspecified atom stereocenters. The van der Waals surface area contributed by atoms with Crippen LogP contribution >= 0.6 is 11.8 Å². The van der Waals surface area contributed by atoms with E-state index >= 15 is 0 Å². The zero-order valence-electron chi connectivity index (χ0n) is 9.83. The van der Waals surface area contributed by atoms with Crippen LogP contribution in [-0.4, -0.2) is 35.2 Å². The molecule has 2 rings (SSSR count). The Morgan fingerprint density at radius 2 is 2.00 bits per heavy atom. The Kier molecular flexibility index (Phi) is 4.02. The highest BCUT2D eigenvalue weighted by Crippen LogP contribution is 2.35. The Balaban J connectivity index is 2.05. The maximum absolute atomic E-state index is 10.9. The number of para-hydroxylation sites is 1. The molecule has 1 aromatic rings. The van der Waals surface area contributed by atoms with Crippen molar-refractivity contribution in [3.05, 3.63) is 34.4 Å². The summed E-state index contributed by atoms with van der Waals surface area (Å²) >= 11 is 1.65. The Hall–Kier alpha value is -1.07. The molecule has 0 N–H and O–H groups in total. The van der Waals surface area contributed by atoms with Gasteiger partial charge < -0.3 is 4.90 Å². The molecular weight excluding hydrogens is 236 g/mol. The first-order chi connectivity index (χ1) is 8.16. The number of rotatable bonds is 3. The van der Waals surface area contributed by atoms with Gasteiger partial charge in [-0.1, -0.05) is 12.1 Å². The van der Waals surface area contributed by atoms with Gasteiger partial charge in [0.15, 0.2) is 0 Å². The topological polar surface area (TPSA) is 46.4 Å². The summed E-state index contributed by atoms with van der Waals surface area (Å²) in [5, 5.41) is 11.4. The molecule has 0 saturated carbocycles. The standard InChI is InChI=1S/C12H16N2O2S/c1-13-8-6-10(7-9-13)17-12-5-3-2-4-11(12)14(15)16/h2-5,10H,6-9H2,1H3. The summed E-state index contributed by atoms with van der Waals surface area (Å²) in [7, 11) is 2.12. The van der Waals surface area contributed by atoms with Gasteiger partial charge in [-0.05, 0) is 39.0 Å². The van der Waals surface area contributed by atoms with Crippen molar-refractivity contribution >= 4 is 17.4 Å². The third-order valence-corrected chi connectivity index (χ3v) is 4.43. The van der Waals surface area contributed by atoms with Crippen molar-refractivity contribution in [3.8, 4) is 0 Å². The molecule has 5 heteroatoms. The van der Waals surface area contributed by atoms with Crippen LogP contribution in [0, 0.1) is 10.1 Å². The lowest BCUT2D eigenvalue weighted by Crippen LogP contribution is -2.31. The first kappa shape index (κ1) is 12.4. The van der Waals surface area contributed by atoms with Gasteiger partial charge in [0.05, 0.1) is 9.82 Å². The smallest absolute Gasteiger partial charge is 0.282 e. The summed E-state index contributed by atoms with van der Waals surface area (Å²) in [6, 6.07) is 7.01. The SMILES string of the molecule is CN1CCC(Sc2ccccc2[N+](=O)[O-])CC1. The second kappa shape index (κ2) is 5.51. The van der Waals surface area contributed by atoms with Crippen LogP contribution in [0.3, 0.4) is 0 Å². The second-order valence-corrected chi connectivity index (χ2v) is 5.69. The van der Waals surface area contributed by atoms with E-state index in [4.69, 9.17) is 0 Å². The minimum atomic E-state index is -0.294. The number of benzene rings is 1. The van der Waals surface area contributed by atoms with Crippen LogP contribution in [0.25, 0.3) is 0 Å². The summed E-state index contributed by atoms with van der Waals surface area (Å²) < 4.78 is 0. The molecule has 0 bridgehead atoms. The zero-order chi connectivity index (χ0) is 12.3. The van der Waals surface area contributed by atoms with Gasteiger partial charge in [-0.15, -0.1) is 11.8 Å². The lowest BCUT2D eigenvalue weighted by molar-refractivity contribution is -0.387. The lowest BCUT2D eigenvalue weighted by Gasteiger charge is -2.28. The first-order valence-electron chi connectivity index (χ1n) is 5.75. The normalized spacial score (nSPS) is 18.2. The highest BCUT2D eigenvalue weighted by atomic mass is 32.2. The first-order valence-corrected chi connectivity index (χ1v) is 6.63. The van der Waals surface area contributed by atoms with Gasteiger partial charge in [0.2, 0.25) is 0 Å². The van der Waals surface area contributed by atoms with Crippen molar-refractivity contribution in [3.63, 3.8) is 0 Å². The highest BCUT2D eigenvalue weighted by molar-refractivity contribution is 8.00. The number of hydrogen-bond acceptors (Lipinski definition) is 4. The van der Waals surface area contributed by atoms with Crippen LogP contribution in [0.15, 0.2) is 29.2 Å². The van der Waals surface area contributed by atoms with E-state index in [1.807, 2.05) is 12.1 Å². The molecule has 1 aromatic carbocycles. The molecule has 4 nitrogen and oxygen atoms in total. The summed E-state index contributed by atoms with van der Waals surface area (Å²) in [5.41, 5.74) is 0.233. The number of nitro benzene ring substituents is 1. The molecule has 0 radical (unpaired) electrons. The quantitative estimate of drug-likeness (QED) is 0.613. The fraction of sp³-hybridized carbons (Fsp3) is 0.500. The van der Waals surface area contributed by atoms with Crippen molar-refractivity contribution in [2.75, 3.05) is 20.1 Å². The molecule has 1 heterocycles. The van der Waals surface area contributed by atoms with Crippen LogP contribution in [0.4, 0.5) is 5.69 Å². The van der Waals surface area contributed by atoms with E-state index in [2.05, 4.69) is 11.9 Å². The number of nitrogens with zero attached hydrogens (tertiary/aromatic N) is 2. The van der Waals surface area contributed by atoms with Crippen LogP contribution in [0.2, 0.25) is 0 Å². The molecular formula is C12H16N2O2S. The van der Waals surface area contributed by atoms with Crippen molar-refractivity contribution < 1.29 is 4.92 Å². The summed E-state index contributed by atoms with van der Waals surface area (Å²) in [6.45, 7) is 2.16. The minimum absolute atomic E-state index is 0.233. The van der Waals surface area contributed by atoms with Gasteiger partial charge in [0, 0.05) is 11.3 Å². The third-order valence-electron chi connectivity index (χ3n) is 3.02. The molecule has 0 aliphatic carbocycles. The number of thioether (sulfide) groups is 1. The van der Waals surface area contributed by atoms with Gasteiger partial charge in [-0.25, -0.2) is 0 Å². The van der Waals surface area contributed by atoms with Crippen LogP contribution < -0.4 is 0 Å². The number of nitro groups is 1. The monoisotopic (exact) mass is 252 g/mol. The van der Waals surface area contributed by atoms with E-state index in [9.17, 15) is 10.1 Å². The molecule has 1 aliphatic heterocycles. The summed E-state index contributed by atoms with van der Waals surface area (Å²) in [4.78, 5) is 13.7. The maximum atomic E-state index is 10.9. The third kappa shape index (κ3) is 3.20. The summed E-state index contributed by atoms with van der Waals surface area (Å²) in [6.07, 6.45) is 2.21. The van der Waals surface area contributed by atoms with Gasteiger partial charge in [-0.2, -0.15) is 0 Å². The van der Waals surface area contributed by atoms with Gasteiger partial charge in [0.25, 0.3) is 5.69 Å². The molecule has 92 valence electrons. The minimum Gasteiger partial charge on any atom is -0.306 e. The van der Waals surface area contributed by atoms with Crippen molar-refractivity contribution in [1.29, 1.82) is 0 Å². The number of hydrogen-bond donors (Lipinski definition) is 0. The molecule has 1 fully saturated rings. The predicted octanol–water partition coefficient (Wildman–Crippen LogP) is 2.78. The molecule has 1 aliphatic rings. The number of likely N-dealkylation sites (tertiary alicyclic amines) is 1. The van der Waals surface area contributed by atoms with E-state index in [-0.39, 0.29) is 10.6 Å². The molecule has 0 amide bonds. The predicted molar refractivity (Wildman–Crippen MR) is 69.5 cm³/mol. The van der Waals surface area contributed by atoms with Gasteiger partial charge in [0.1, 0.15) is 0 Å². The Labute approximate surface area is 105 Å². The van der Waals surface area contributed by atoms with Crippen LogP contribution in [0.5, 0.6) is 0 Å². The van der Waals surface area contributed by atoms with Gasteiger partial charge in [-0.3, -0.25) is 10.1 Å². The Morgan fingerprint density at radius 1 is 1.35 bits per heavy atom. The summed E-state index contributed by atoms with van der Waals surface area (Å²) in [5.74, 6) is 0. The van der Waals surface area contributed by atoms with E-state index < -0.39 is 0 Å². The Morgan fingerprint density at radius 3 is 2.65 bits per heavy atom. The fourth-order valence-electron chi connectivity index (χ4n) is 1.99.